The van der Waals surface area contributed by atoms with Crippen molar-refractivity contribution in [1.29, 1.82) is 0 Å². The third kappa shape index (κ3) is 2.96. The van der Waals surface area contributed by atoms with Crippen LogP contribution in [0.3, 0.4) is 0 Å². The molecule has 0 amide bonds. The number of nitrogens with zero attached hydrogens (tertiary/aromatic N) is 1. The highest BCUT2D eigenvalue weighted by atomic mass is 32.2. The van der Waals surface area contributed by atoms with Crippen LogP contribution in [0.4, 0.5) is 23.2 Å². The topological polar surface area (TPSA) is 24.9 Å². The van der Waals surface area contributed by atoms with E-state index < -0.39 is 29.2 Å². The lowest BCUT2D eigenvalue weighted by atomic mass is 9.94. The number of nitrogens with one attached hydrogen (secondary N) is 1. The second-order valence-corrected chi connectivity index (χ2v) is 5.58. The third-order valence-corrected chi connectivity index (χ3v) is 4.50. The van der Waals surface area contributed by atoms with E-state index in [4.69, 9.17) is 0 Å². The van der Waals surface area contributed by atoms with E-state index in [1.807, 2.05) is 6.26 Å². The second kappa shape index (κ2) is 5.98. The zero-order valence-electron chi connectivity index (χ0n) is 10.4. The third-order valence-electron chi connectivity index (χ3n) is 3.33. The molecule has 1 aliphatic carbocycles. The van der Waals surface area contributed by atoms with E-state index >= 15 is 0 Å². The summed E-state index contributed by atoms with van der Waals surface area (Å²) in [6, 6.07) is -0.200. The molecule has 7 heteroatoms. The maximum Gasteiger partial charge on any atom is 0.253 e. The fourth-order valence-electron chi connectivity index (χ4n) is 2.34. The Balaban J connectivity index is 2.27. The van der Waals surface area contributed by atoms with Crippen LogP contribution in [0.5, 0.6) is 0 Å². The van der Waals surface area contributed by atoms with Crippen LogP contribution in [0.25, 0.3) is 0 Å². The van der Waals surface area contributed by atoms with Crippen molar-refractivity contribution in [3.63, 3.8) is 0 Å². The number of anilines is 1. The van der Waals surface area contributed by atoms with Gasteiger partial charge in [-0.1, -0.05) is 12.8 Å². The first kappa shape index (κ1) is 14.4. The van der Waals surface area contributed by atoms with Crippen molar-refractivity contribution >= 4 is 17.4 Å². The Morgan fingerprint density at radius 2 is 1.63 bits per heavy atom. The molecule has 1 aromatic heterocycles. The van der Waals surface area contributed by atoms with Gasteiger partial charge in [0.05, 0.1) is 0 Å². The summed E-state index contributed by atoms with van der Waals surface area (Å²) < 4.78 is 53.1. The Morgan fingerprint density at radius 3 is 2.21 bits per heavy atom. The van der Waals surface area contributed by atoms with Gasteiger partial charge in [0, 0.05) is 11.3 Å². The van der Waals surface area contributed by atoms with Gasteiger partial charge in [0.2, 0.25) is 11.6 Å². The molecule has 1 N–H and O–H groups in total. The maximum absolute atomic E-state index is 13.5. The summed E-state index contributed by atoms with van der Waals surface area (Å²) in [4.78, 5) is 2.54. The minimum Gasteiger partial charge on any atom is -0.376 e. The van der Waals surface area contributed by atoms with Gasteiger partial charge in [0.25, 0.3) is 11.9 Å². The number of aromatic nitrogens is 1. The molecule has 0 saturated heterocycles. The van der Waals surface area contributed by atoms with Crippen LogP contribution in [0.15, 0.2) is 0 Å². The van der Waals surface area contributed by atoms with E-state index in [1.165, 1.54) is 0 Å². The molecular formula is C12H14F4N2S. The van der Waals surface area contributed by atoms with E-state index in [9.17, 15) is 17.6 Å². The zero-order valence-corrected chi connectivity index (χ0v) is 11.2. The SMILES string of the molecule is CSC1CCCCC1Nc1c(F)c(F)nc(F)c1F. The summed E-state index contributed by atoms with van der Waals surface area (Å²) in [6.07, 6.45) is 5.51. The smallest absolute Gasteiger partial charge is 0.253 e. The maximum atomic E-state index is 13.5. The van der Waals surface area contributed by atoms with Crippen molar-refractivity contribution in [3.05, 3.63) is 23.5 Å². The monoisotopic (exact) mass is 294 g/mol. The molecule has 0 spiro atoms. The molecular weight excluding hydrogens is 280 g/mol. The molecule has 0 aromatic carbocycles. The molecule has 0 aliphatic heterocycles. The molecule has 0 radical (unpaired) electrons. The lowest BCUT2D eigenvalue weighted by Gasteiger charge is -2.31. The van der Waals surface area contributed by atoms with Gasteiger partial charge in [-0.2, -0.15) is 34.3 Å². The zero-order chi connectivity index (χ0) is 14.0. The summed E-state index contributed by atoms with van der Waals surface area (Å²) in [5.74, 6) is -6.19. The van der Waals surface area contributed by atoms with Gasteiger partial charge in [-0.05, 0) is 19.1 Å². The first-order chi connectivity index (χ1) is 9.04. The average molecular weight is 294 g/mol. The van der Waals surface area contributed by atoms with Crippen molar-refractivity contribution in [1.82, 2.24) is 4.98 Å². The Morgan fingerprint density at radius 1 is 1.05 bits per heavy atom. The van der Waals surface area contributed by atoms with Gasteiger partial charge >= 0.3 is 0 Å². The summed E-state index contributed by atoms with van der Waals surface area (Å²) in [6.45, 7) is 0. The van der Waals surface area contributed by atoms with Crippen LogP contribution < -0.4 is 5.32 Å². The van der Waals surface area contributed by atoms with Gasteiger partial charge in [-0.25, -0.2) is 0 Å². The highest BCUT2D eigenvalue weighted by Gasteiger charge is 2.28. The molecule has 19 heavy (non-hydrogen) atoms. The Labute approximate surface area is 113 Å². The van der Waals surface area contributed by atoms with E-state index in [1.54, 1.807) is 11.8 Å². The lowest BCUT2D eigenvalue weighted by Crippen LogP contribution is -2.35. The Hall–Kier alpha value is -0.980. The fourth-order valence-corrected chi connectivity index (χ4v) is 3.28. The Bertz CT molecular complexity index is 443. The first-order valence-corrected chi connectivity index (χ1v) is 7.32. The van der Waals surface area contributed by atoms with Crippen LogP contribution >= 0.6 is 11.8 Å². The predicted octanol–water partition coefficient (Wildman–Crippen LogP) is 3.72. The van der Waals surface area contributed by atoms with Gasteiger partial charge in [-0.15, -0.1) is 0 Å². The number of halogens is 4. The standard InChI is InChI=1S/C12H14F4N2S/c1-19-7-5-3-2-4-6(7)17-10-8(13)11(15)18-12(16)9(10)14/h6-7H,2-5H2,1H3,(H,17,18). The van der Waals surface area contributed by atoms with Gasteiger partial charge in [0.15, 0.2) is 0 Å². The van der Waals surface area contributed by atoms with E-state index in [0.29, 0.717) is 0 Å². The molecule has 1 saturated carbocycles. The van der Waals surface area contributed by atoms with Crippen LogP contribution in [-0.2, 0) is 0 Å². The van der Waals surface area contributed by atoms with Gasteiger partial charge in [0.1, 0.15) is 5.69 Å². The molecule has 1 aliphatic rings. The van der Waals surface area contributed by atoms with Crippen molar-refractivity contribution in [3.8, 4) is 0 Å². The van der Waals surface area contributed by atoms with E-state index in [0.717, 1.165) is 25.7 Å². The van der Waals surface area contributed by atoms with Gasteiger partial charge < -0.3 is 5.32 Å². The summed E-state index contributed by atoms with van der Waals surface area (Å²) in [5.41, 5.74) is -0.754. The number of hydrogen-bond acceptors (Lipinski definition) is 3. The van der Waals surface area contributed by atoms with Crippen LogP contribution in [-0.4, -0.2) is 22.5 Å². The summed E-state index contributed by atoms with van der Waals surface area (Å²) in [7, 11) is 0. The minimum atomic E-state index is -1.63. The number of rotatable bonds is 3. The average Bonchev–Trinajstić information content (AvgIpc) is 2.42. The highest BCUT2D eigenvalue weighted by Crippen LogP contribution is 2.31. The van der Waals surface area contributed by atoms with Crippen molar-refractivity contribution in [2.45, 2.75) is 37.0 Å². The molecule has 106 valence electrons. The normalized spacial score (nSPS) is 23.4. The van der Waals surface area contributed by atoms with E-state index in [-0.39, 0.29) is 11.3 Å². The lowest BCUT2D eigenvalue weighted by molar-refractivity contribution is 0.405. The van der Waals surface area contributed by atoms with Crippen LogP contribution in [0, 0.1) is 23.5 Å². The minimum absolute atomic E-state index is 0.173. The second-order valence-electron chi connectivity index (χ2n) is 4.51. The Kier molecular flexibility index (Phi) is 4.54. The molecule has 2 unspecified atom stereocenters. The van der Waals surface area contributed by atoms with Crippen LogP contribution in [0.2, 0.25) is 0 Å². The molecule has 2 rings (SSSR count). The highest BCUT2D eigenvalue weighted by molar-refractivity contribution is 7.99. The number of hydrogen-bond donors (Lipinski definition) is 1. The van der Waals surface area contributed by atoms with Crippen molar-refractivity contribution < 1.29 is 17.6 Å². The summed E-state index contributed by atoms with van der Waals surface area (Å²) in [5, 5.41) is 2.78. The molecule has 2 nitrogen and oxygen atoms in total. The number of thioether (sulfide) groups is 1. The molecule has 1 fully saturated rings. The predicted molar refractivity (Wildman–Crippen MR) is 67.3 cm³/mol. The molecule has 1 aromatic rings. The molecule has 2 atom stereocenters. The van der Waals surface area contributed by atoms with Gasteiger partial charge in [-0.3, -0.25) is 0 Å². The van der Waals surface area contributed by atoms with Crippen molar-refractivity contribution in [2.75, 3.05) is 11.6 Å². The molecule has 0 bridgehead atoms. The van der Waals surface area contributed by atoms with Crippen LogP contribution in [0.1, 0.15) is 25.7 Å². The quantitative estimate of drug-likeness (QED) is 0.679. The molecule has 1 heterocycles. The fraction of sp³-hybridized carbons (Fsp3) is 0.583. The van der Waals surface area contributed by atoms with Crippen molar-refractivity contribution in [2.24, 2.45) is 0 Å². The summed E-state index contributed by atoms with van der Waals surface area (Å²) >= 11 is 1.58. The largest absolute Gasteiger partial charge is 0.376 e. The number of pyridine rings is 1. The van der Waals surface area contributed by atoms with E-state index in [2.05, 4.69) is 10.3 Å². The first-order valence-electron chi connectivity index (χ1n) is 6.04.